The number of hydrogen-bond donors (Lipinski definition) is 0. The highest BCUT2D eigenvalue weighted by molar-refractivity contribution is 7.61. The summed E-state index contributed by atoms with van der Waals surface area (Å²) in [6.45, 7) is 7.89. The zero-order valence-corrected chi connectivity index (χ0v) is 15.6. The van der Waals surface area contributed by atoms with Crippen molar-refractivity contribution in [1.29, 1.82) is 0 Å². The fraction of sp³-hybridized carbons (Fsp3) is 0.300. The summed E-state index contributed by atoms with van der Waals surface area (Å²) in [5.41, 5.74) is 0.787. The van der Waals surface area contributed by atoms with Crippen molar-refractivity contribution in [2.75, 3.05) is 0 Å². The second-order valence-electron chi connectivity index (χ2n) is 6.52. The molecule has 0 saturated carbocycles. The van der Waals surface area contributed by atoms with Crippen LogP contribution in [0, 0.1) is 11.8 Å². The Labute approximate surface area is 144 Å². The van der Waals surface area contributed by atoms with Crippen LogP contribution >= 0.6 is 19.4 Å². The van der Waals surface area contributed by atoms with Crippen molar-refractivity contribution < 1.29 is 4.57 Å². The van der Waals surface area contributed by atoms with E-state index < -0.39 is 12.7 Å². The topological polar surface area (TPSA) is 17.1 Å². The van der Waals surface area contributed by atoms with Gasteiger partial charge in [-0.2, -0.15) is 0 Å². The quantitative estimate of drug-likeness (QED) is 0.446. The molecule has 0 heterocycles. The van der Waals surface area contributed by atoms with Crippen LogP contribution in [0.1, 0.15) is 33.3 Å². The van der Waals surface area contributed by atoms with Crippen molar-refractivity contribution >= 4 is 30.0 Å². The molecule has 0 saturated heterocycles. The smallest absolute Gasteiger partial charge is 0.106 e. The minimum absolute atomic E-state index is 0.303. The van der Waals surface area contributed by atoms with Crippen LogP contribution in [-0.4, -0.2) is 4.87 Å². The van der Waals surface area contributed by atoms with Gasteiger partial charge < -0.3 is 0 Å². The Morgan fingerprint density at radius 2 is 1.35 bits per heavy atom. The monoisotopic (exact) mass is 343 g/mol. The normalized spacial score (nSPS) is 12.3. The van der Waals surface area contributed by atoms with Gasteiger partial charge in [-0.15, -0.1) is 11.6 Å². The molecule has 2 aromatic rings. The SMILES string of the molecule is CC(C)(Cl)C#CC(C)(C)c1ccc([P+](=O)c2ccccc2)cc1. The minimum Gasteiger partial charge on any atom is -0.106 e. The third kappa shape index (κ3) is 4.93. The van der Waals surface area contributed by atoms with Crippen LogP contribution in [0.5, 0.6) is 0 Å². The van der Waals surface area contributed by atoms with E-state index in [0.717, 1.165) is 16.2 Å². The molecule has 23 heavy (non-hydrogen) atoms. The van der Waals surface area contributed by atoms with Crippen molar-refractivity contribution in [3.05, 3.63) is 60.2 Å². The van der Waals surface area contributed by atoms with Crippen molar-refractivity contribution in [2.24, 2.45) is 0 Å². The Balaban J connectivity index is 2.25. The van der Waals surface area contributed by atoms with Gasteiger partial charge in [0.2, 0.25) is 0 Å². The third-order valence-electron chi connectivity index (χ3n) is 3.49. The summed E-state index contributed by atoms with van der Waals surface area (Å²) in [6, 6.07) is 17.4. The first-order chi connectivity index (χ1) is 10.7. The summed E-state index contributed by atoms with van der Waals surface area (Å²) < 4.78 is 12.6. The van der Waals surface area contributed by atoms with Crippen LogP contribution in [0.25, 0.3) is 0 Å². The van der Waals surface area contributed by atoms with Crippen molar-refractivity contribution in [1.82, 2.24) is 0 Å². The predicted molar refractivity (Wildman–Crippen MR) is 100 cm³/mol. The highest BCUT2D eigenvalue weighted by Gasteiger charge is 2.25. The molecule has 0 amide bonds. The van der Waals surface area contributed by atoms with Gasteiger partial charge in [-0.1, -0.05) is 46.7 Å². The summed E-state index contributed by atoms with van der Waals surface area (Å²) in [5, 5.41) is 1.68. The Bertz CT molecular complexity index is 744. The van der Waals surface area contributed by atoms with Crippen molar-refractivity contribution in [3.8, 4) is 11.8 Å². The molecule has 1 nitrogen and oxygen atoms in total. The van der Waals surface area contributed by atoms with E-state index in [9.17, 15) is 4.57 Å². The molecule has 0 aliphatic heterocycles. The van der Waals surface area contributed by atoms with E-state index in [1.807, 2.05) is 68.4 Å². The first-order valence-corrected chi connectivity index (χ1v) is 9.19. The second-order valence-corrected chi connectivity index (χ2v) is 9.09. The molecule has 2 aromatic carbocycles. The molecule has 0 aliphatic carbocycles. The fourth-order valence-corrected chi connectivity index (χ4v) is 3.31. The molecule has 0 fully saturated rings. The average molecular weight is 344 g/mol. The molecule has 0 spiro atoms. The van der Waals surface area contributed by atoms with E-state index >= 15 is 0 Å². The lowest BCUT2D eigenvalue weighted by atomic mass is 9.85. The van der Waals surface area contributed by atoms with Crippen LogP contribution in [0.4, 0.5) is 0 Å². The van der Waals surface area contributed by atoms with Crippen LogP contribution < -0.4 is 10.6 Å². The number of benzene rings is 2. The summed E-state index contributed by atoms with van der Waals surface area (Å²) in [4.78, 5) is -0.534. The first kappa shape index (κ1) is 17.7. The Kier molecular flexibility index (Phi) is 5.30. The summed E-state index contributed by atoms with van der Waals surface area (Å²) >= 11 is 6.15. The molecular formula is C20H21ClOP+. The van der Waals surface area contributed by atoms with Crippen molar-refractivity contribution in [3.63, 3.8) is 0 Å². The first-order valence-electron chi connectivity index (χ1n) is 7.55. The van der Waals surface area contributed by atoms with Crippen LogP contribution in [-0.2, 0) is 9.98 Å². The Morgan fingerprint density at radius 3 is 1.87 bits per heavy atom. The van der Waals surface area contributed by atoms with Gasteiger partial charge in [0.15, 0.2) is 10.6 Å². The third-order valence-corrected chi connectivity index (χ3v) is 5.12. The van der Waals surface area contributed by atoms with Gasteiger partial charge in [0.25, 0.3) is 0 Å². The van der Waals surface area contributed by atoms with E-state index in [1.165, 1.54) is 0 Å². The largest absolute Gasteiger partial charge is 0.415 e. The Hall–Kier alpha value is -1.61. The van der Waals surface area contributed by atoms with Crippen molar-refractivity contribution in [2.45, 2.75) is 38.0 Å². The van der Waals surface area contributed by atoms with E-state index in [-0.39, 0.29) is 5.41 Å². The molecule has 1 unspecified atom stereocenters. The van der Waals surface area contributed by atoms with E-state index in [0.29, 0.717) is 0 Å². The summed E-state index contributed by atoms with van der Waals surface area (Å²) in [6.07, 6.45) is 0. The van der Waals surface area contributed by atoms with Gasteiger partial charge in [0.05, 0.1) is 10.3 Å². The van der Waals surface area contributed by atoms with Gasteiger partial charge in [0.1, 0.15) is 0 Å². The zero-order chi connectivity index (χ0) is 17.1. The van der Waals surface area contributed by atoms with Gasteiger partial charge in [-0.3, -0.25) is 0 Å². The number of halogens is 1. The molecule has 0 aromatic heterocycles. The average Bonchev–Trinajstić information content (AvgIpc) is 2.53. The second kappa shape index (κ2) is 6.88. The van der Waals surface area contributed by atoms with Crippen LogP contribution in [0.3, 0.4) is 0 Å². The van der Waals surface area contributed by atoms with Crippen LogP contribution in [0.15, 0.2) is 54.6 Å². The fourth-order valence-electron chi connectivity index (χ4n) is 2.10. The van der Waals surface area contributed by atoms with Gasteiger partial charge in [0, 0.05) is 0 Å². The molecule has 0 aliphatic rings. The molecule has 1 atom stereocenters. The highest BCUT2D eigenvalue weighted by atomic mass is 35.5. The van der Waals surface area contributed by atoms with E-state index in [2.05, 4.69) is 25.7 Å². The lowest BCUT2D eigenvalue weighted by molar-refractivity contribution is 0.598. The van der Waals surface area contributed by atoms with Crippen LogP contribution in [0.2, 0.25) is 0 Å². The molecule has 0 radical (unpaired) electrons. The molecule has 0 bridgehead atoms. The van der Waals surface area contributed by atoms with Gasteiger partial charge in [-0.05, 0) is 57.5 Å². The molecule has 118 valence electrons. The maximum absolute atomic E-state index is 12.6. The summed E-state index contributed by atoms with van der Waals surface area (Å²) in [7, 11) is -1.55. The highest BCUT2D eigenvalue weighted by Crippen LogP contribution is 2.25. The molecule has 3 heteroatoms. The number of alkyl halides is 1. The lowest BCUT2D eigenvalue weighted by Gasteiger charge is -2.19. The predicted octanol–water partition coefficient (Wildman–Crippen LogP) is 4.76. The van der Waals surface area contributed by atoms with Gasteiger partial charge in [-0.25, -0.2) is 0 Å². The van der Waals surface area contributed by atoms with Gasteiger partial charge >= 0.3 is 7.80 Å². The maximum atomic E-state index is 12.6. The number of rotatable bonds is 3. The molecule has 2 rings (SSSR count). The Morgan fingerprint density at radius 1 is 0.826 bits per heavy atom. The summed E-state index contributed by atoms with van der Waals surface area (Å²) in [5.74, 6) is 6.32. The molecule has 0 N–H and O–H groups in total. The standard InChI is InChI=1S/C20H21ClOP/c1-19(2,14-15-20(3,4)21)16-10-12-18(13-11-16)23(22)17-8-6-5-7-9-17/h5-13H,1-4H3/q+1. The maximum Gasteiger partial charge on any atom is 0.415 e. The van der Waals surface area contributed by atoms with E-state index in [4.69, 9.17) is 11.6 Å². The van der Waals surface area contributed by atoms with E-state index in [1.54, 1.807) is 0 Å². The zero-order valence-electron chi connectivity index (χ0n) is 13.9. The lowest BCUT2D eigenvalue weighted by Crippen LogP contribution is -2.17. The minimum atomic E-state index is -1.55. The molecular weight excluding hydrogens is 323 g/mol. The number of hydrogen-bond acceptors (Lipinski definition) is 1.